The fraction of sp³-hybridized carbons (Fsp3) is 0.222. The lowest BCUT2D eigenvalue weighted by Crippen LogP contribution is -2.14. The summed E-state index contributed by atoms with van der Waals surface area (Å²) in [5.74, 6) is 1.64. The maximum absolute atomic E-state index is 12.9. The molecule has 1 heterocycles. The van der Waals surface area contributed by atoms with Gasteiger partial charge in [0.1, 0.15) is 5.75 Å². The lowest BCUT2D eigenvalue weighted by Gasteiger charge is -2.15. The van der Waals surface area contributed by atoms with Gasteiger partial charge in [0.2, 0.25) is 11.8 Å². The molecule has 0 unspecified atom stereocenters. The fourth-order valence-electron chi connectivity index (χ4n) is 3.80. The number of anilines is 1. The second-order valence-corrected chi connectivity index (χ2v) is 8.45. The number of hydrogen-bond donors (Lipinski definition) is 1. The number of rotatable bonds is 7. The maximum atomic E-state index is 12.9. The Balaban J connectivity index is 1.54. The van der Waals surface area contributed by atoms with Crippen LogP contribution in [-0.4, -0.2) is 42.2 Å². The molecule has 7 heteroatoms. The number of methoxy groups -OCH3 is 1. The van der Waals surface area contributed by atoms with Gasteiger partial charge < -0.3 is 19.4 Å². The normalized spacial score (nSPS) is 11.0. The highest BCUT2D eigenvalue weighted by Crippen LogP contribution is 2.29. The molecular formula is C27H28N4O3. The van der Waals surface area contributed by atoms with Gasteiger partial charge in [-0.25, -0.2) is 0 Å². The van der Waals surface area contributed by atoms with Crippen LogP contribution in [0, 0.1) is 13.8 Å². The molecule has 1 amide bonds. The van der Waals surface area contributed by atoms with Gasteiger partial charge in [0.05, 0.1) is 7.11 Å². The molecule has 0 atom stereocenters. The van der Waals surface area contributed by atoms with Gasteiger partial charge in [0.25, 0.3) is 5.91 Å². The van der Waals surface area contributed by atoms with E-state index >= 15 is 0 Å². The van der Waals surface area contributed by atoms with Crippen molar-refractivity contribution >= 4 is 11.6 Å². The number of aryl methyl sites for hydroxylation is 2. The Morgan fingerprint density at radius 3 is 2.35 bits per heavy atom. The summed E-state index contributed by atoms with van der Waals surface area (Å²) >= 11 is 0. The van der Waals surface area contributed by atoms with Crippen molar-refractivity contribution in [3.63, 3.8) is 0 Å². The molecule has 0 saturated carbocycles. The van der Waals surface area contributed by atoms with Crippen LogP contribution in [0.5, 0.6) is 5.75 Å². The van der Waals surface area contributed by atoms with Crippen molar-refractivity contribution in [2.75, 3.05) is 26.5 Å². The number of nitrogens with one attached hydrogen (secondary N) is 1. The molecule has 3 aromatic carbocycles. The average molecular weight is 457 g/mol. The predicted octanol–water partition coefficient (Wildman–Crippen LogP) is 5.34. The van der Waals surface area contributed by atoms with Crippen LogP contribution in [0.25, 0.3) is 22.6 Å². The van der Waals surface area contributed by atoms with Crippen LogP contribution in [0.3, 0.4) is 0 Å². The van der Waals surface area contributed by atoms with E-state index in [1.165, 1.54) is 0 Å². The quantitative estimate of drug-likeness (QED) is 0.404. The van der Waals surface area contributed by atoms with Gasteiger partial charge in [0, 0.05) is 35.8 Å². The van der Waals surface area contributed by atoms with Crippen molar-refractivity contribution < 1.29 is 13.9 Å². The predicted molar refractivity (Wildman–Crippen MR) is 133 cm³/mol. The Kier molecular flexibility index (Phi) is 6.75. The molecule has 0 aliphatic carbocycles. The largest absolute Gasteiger partial charge is 0.496 e. The van der Waals surface area contributed by atoms with Crippen molar-refractivity contribution in [2.45, 2.75) is 20.4 Å². The van der Waals surface area contributed by atoms with Crippen molar-refractivity contribution in [3.8, 4) is 28.3 Å². The summed E-state index contributed by atoms with van der Waals surface area (Å²) in [5, 5.41) is 11.0. The number of carbonyl (C=O) groups is 1. The summed E-state index contributed by atoms with van der Waals surface area (Å²) < 4.78 is 11.0. The summed E-state index contributed by atoms with van der Waals surface area (Å²) in [6, 6.07) is 19.2. The number of hydrogen-bond acceptors (Lipinski definition) is 6. The van der Waals surface area contributed by atoms with Crippen LogP contribution in [0.2, 0.25) is 0 Å². The van der Waals surface area contributed by atoms with Gasteiger partial charge in [-0.15, -0.1) is 10.2 Å². The summed E-state index contributed by atoms with van der Waals surface area (Å²) in [6.45, 7) is 4.53. The molecule has 34 heavy (non-hydrogen) atoms. The number of nitrogens with zero attached hydrogens (tertiary/aromatic N) is 3. The van der Waals surface area contributed by atoms with E-state index in [9.17, 15) is 4.79 Å². The Labute approximate surface area is 199 Å². The lowest BCUT2D eigenvalue weighted by molar-refractivity contribution is 0.102. The lowest BCUT2D eigenvalue weighted by atomic mass is 9.97. The van der Waals surface area contributed by atoms with Crippen LogP contribution in [-0.2, 0) is 6.54 Å². The summed E-state index contributed by atoms with van der Waals surface area (Å²) in [5.41, 5.74) is 6.33. The minimum atomic E-state index is -0.167. The monoisotopic (exact) mass is 456 g/mol. The smallest absolute Gasteiger partial charge is 0.255 e. The number of ether oxygens (including phenoxy) is 1. The molecule has 4 rings (SSSR count). The third-order valence-corrected chi connectivity index (χ3v) is 5.49. The van der Waals surface area contributed by atoms with Gasteiger partial charge in [-0.05, 0) is 80.2 Å². The second kappa shape index (κ2) is 9.89. The summed E-state index contributed by atoms with van der Waals surface area (Å²) in [4.78, 5) is 14.9. The summed E-state index contributed by atoms with van der Waals surface area (Å²) in [7, 11) is 5.63. The Bertz CT molecular complexity index is 1310. The molecule has 1 N–H and O–H groups in total. The first kappa shape index (κ1) is 23.2. The number of benzene rings is 3. The molecule has 7 nitrogen and oxygen atoms in total. The van der Waals surface area contributed by atoms with Crippen LogP contribution in [0.15, 0.2) is 65.1 Å². The minimum Gasteiger partial charge on any atom is -0.496 e. The topological polar surface area (TPSA) is 80.5 Å². The van der Waals surface area contributed by atoms with E-state index in [2.05, 4.69) is 20.4 Å². The van der Waals surface area contributed by atoms with Crippen molar-refractivity contribution in [1.29, 1.82) is 0 Å². The van der Waals surface area contributed by atoms with Crippen LogP contribution >= 0.6 is 0 Å². The van der Waals surface area contributed by atoms with Crippen LogP contribution < -0.4 is 10.1 Å². The van der Waals surface area contributed by atoms with Gasteiger partial charge in [-0.3, -0.25) is 4.79 Å². The van der Waals surface area contributed by atoms with Crippen LogP contribution in [0.4, 0.5) is 5.69 Å². The first-order valence-electron chi connectivity index (χ1n) is 11.0. The number of aromatic nitrogens is 2. The van der Waals surface area contributed by atoms with Gasteiger partial charge in [-0.1, -0.05) is 18.2 Å². The minimum absolute atomic E-state index is 0.167. The summed E-state index contributed by atoms with van der Waals surface area (Å²) in [6.07, 6.45) is 0. The molecule has 174 valence electrons. The highest BCUT2D eigenvalue weighted by molar-refractivity contribution is 6.04. The molecule has 1 aromatic heterocycles. The first-order valence-corrected chi connectivity index (χ1v) is 11.0. The van der Waals surface area contributed by atoms with Gasteiger partial charge >= 0.3 is 0 Å². The molecule has 0 aliphatic heterocycles. The van der Waals surface area contributed by atoms with Crippen molar-refractivity contribution in [2.24, 2.45) is 0 Å². The number of carbonyl (C=O) groups excluding carboxylic acids is 1. The van der Waals surface area contributed by atoms with Crippen molar-refractivity contribution in [1.82, 2.24) is 15.1 Å². The zero-order valence-corrected chi connectivity index (χ0v) is 20.0. The molecular weight excluding hydrogens is 428 g/mol. The van der Waals surface area contributed by atoms with E-state index in [4.69, 9.17) is 9.15 Å². The van der Waals surface area contributed by atoms with Crippen molar-refractivity contribution in [3.05, 3.63) is 83.2 Å². The SMILES string of the molecule is COc1ccc(NC(=O)c2ccc(-c3cc(-c4nnc(C)o4)ccc3C)cc2)cc1CN(C)C. The number of amides is 1. The zero-order valence-electron chi connectivity index (χ0n) is 20.0. The second-order valence-electron chi connectivity index (χ2n) is 8.45. The first-order chi connectivity index (χ1) is 16.3. The van der Waals surface area contributed by atoms with E-state index < -0.39 is 0 Å². The zero-order chi connectivity index (χ0) is 24.2. The van der Waals surface area contributed by atoms with E-state index in [1.807, 2.05) is 81.7 Å². The van der Waals surface area contributed by atoms with E-state index in [0.717, 1.165) is 39.3 Å². The molecule has 0 spiro atoms. The van der Waals surface area contributed by atoms with Crippen LogP contribution in [0.1, 0.15) is 27.4 Å². The van der Waals surface area contributed by atoms with E-state index in [1.54, 1.807) is 14.0 Å². The molecule has 4 aromatic rings. The molecule has 0 fully saturated rings. The molecule has 0 radical (unpaired) electrons. The highest BCUT2D eigenvalue weighted by atomic mass is 16.5. The van der Waals surface area contributed by atoms with E-state index in [0.29, 0.717) is 23.9 Å². The Morgan fingerprint density at radius 1 is 0.971 bits per heavy atom. The third-order valence-electron chi connectivity index (χ3n) is 5.49. The molecule has 0 bridgehead atoms. The maximum Gasteiger partial charge on any atom is 0.255 e. The molecule has 0 aliphatic rings. The van der Waals surface area contributed by atoms with E-state index in [-0.39, 0.29) is 5.91 Å². The highest BCUT2D eigenvalue weighted by Gasteiger charge is 2.12. The molecule has 0 saturated heterocycles. The van der Waals surface area contributed by atoms with Gasteiger partial charge in [-0.2, -0.15) is 0 Å². The van der Waals surface area contributed by atoms with Gasteiger partial charge in [0.15, 0.2) is 0 Å². The third kappa shape index (κ3) is 5.15. The standard InChI is InChI=1S/C27H28N4O3/c1-17-6-7-21(27-30-29-18(2)34-27)15-24(17)19-8-10-20(11-9-19)26(32)28-23-12-13-25(33-5)22(14-23)16-31(3)4/h6-15H,16H2,1-5H3,(H,28,32). The Hall–Kier alpha value is -3.97. The Morgan fingerprint density at radius 2 is 1.71 bits per heavy atom. The fourth-order valence-corrected chi connectivity index (χ4v) is 3.80. The average Bonchev–Trinajstić information content (AvgIpc) is 3.25.